The average molecular weight is 259 g/mol. The smallest absolute Gasteiger partial charge is 0.199 e. The lowest BCUT2D eigenvalue weighted by Gasteiger charge is -2.02. The van der Waals surface area contributed by atoms with E-state index in [1.165, 1.54) is 12.1 Å². The lowest BCUT2D eigenvalue weighted by atomic mass is 10.1. The maximum Gasteiger partial charge on any atom is 0.282 e. The van der Waals surface area contributed by atoms with Crippen LogP contribution in [0.1, 0.15) is 12.5 Å². The molecule has 2 rings (SSSR count). The first-order valence-electron chi connectivity index (χ1n) is 5.52. The Morgan fingerprint density at radius 1 is 0.889 bits per heavy atom. The van der Waals surface area contributed by atoms with Crippen LogP contribution in [0.5, 0.6) is 0 Å². The summed E-state index contributed by atoms with van der Waals surface area (Å²) in [6.07, 6.45) is 0. The lowest BCUT2D eigenvalue weighted by molar-refractivity contribution is 0.598. The Morgan fingerprint density at radius 2 is 1.39 bits per heavy atom. The van der Waals surface area contributed by atoms with Crippen LogP contribution >= 0.6 is 0 Å². The van der Waals surface area contributed by atoms with E-state index < -0.39 is 10.0 Å². The highest BCUT2D eigenvalue weighted by molar-refractivity contribution is 7.90. The molecule has 0 saturated heterocycles. The van der Waals surface area contributed by atoms with Gasteiger partial charge in [-0.15, -0.1) is 0 Å². The van der Waals surface area contributed by atoms with Gasteiger partial charge in [0.1, 0.15) is 0 Å². The summed E-state index contributed by atoms with van der Waals surface area (Å²) in [5, 5.41) is 0. The largest absolute Gasteiger partial charge is 0.282 e. The van der Waals surface area contributed by atoms with Gasteiger partial charge in [-0.2, -0.15) is 12.8 Å². The Morgan fingerprint density at radius 3 is 1.94 bits per heavy atom. The van der Waals surface area contributed by atoms with Crippen molar-refractivity contribution >= 4 is 15.7 Å². The number of hydrogen-bond acceptors (Lipinski definition) is 2. The SMILES string of the molecule is C/C(=N/S(=O)(=O)c1ccccc1)c1ccccc1. The van der Waals surface area contributed by atoms with E-state index in [0.29, 0.717) is 5.71 Å². The van der Waals surface area contributed by atoms with E-state index >= 15 is 0 Å². The molecule has 0 heterocycles. The molecule has 2 aromatic carbocycles. The van der Waals surface area contributed by atoms with Gasteiger partial charge >= 0.3 is 0 Å². The van der Waals surface area contributed by atoms with Crippen LogP contribution in [0.15, 0.2) is 70.0 Å². The fourth-order valence-corrected chi connectivity index (χ4v) is 2.63. The van der Waals surface area contributed by atoms with E-state index in [0.717, 1.165) is 5.56 Å². The van der Waals surface area contributed by atoms with Gasteiger partial charge in [0.05, 0.1) is 10.6 Å². The molecule has 0 aliphatic carbocycles. The van der Waals surface area contributed by atoms with Crippen LogP contribution < -0.4 is 0 Å². The highest BCUT2D eigenvalue weighted by atomic mass is 32.2. The molecule has 4 heteroatoms. The summed E-state index contributed by atoms with van der Waals surface area (Å²) in [7, 11) is -3.62. The van der Waals surface area contributed by atoms with E-state index in [1.54, 1.807) is 25.1 Å². The quantitative estimate of drug-likeness (QED) is 0.796. The number of sulfonamides is 1. The Balaban J connectivity index is 2.39. The zero-order valence-electron chi connectivity index (χ0n) is 9.95. The summed E-state index contributed by atoms with van der Waals surface area (Å²) in [5.41, 5.74) is 1.29. The normalized spacial score (nSPS) is 12.4. The summed E-state index contributed by atoms with van der Waals surface area (Å²) >= 11 is 0. The van der Waals surface area contributed by atoms with Crippen LogP contribution in [-0.4, -0.2) is 14.1 Å². The summed E-state index contributed by atoms with van der Waals surface area (Å²) in [5.74, 6) is 0. The summed E-state index contributed by atoms with van der Waals surface area (Å²) in [4.78, 5) is 0.209. The van der Waals surface area contributed by atoms with Crippen molar-refractivity contribution in [3.05, 3.63) is 66.2 Å². The molecule has 2 aromatic rings. The molecule has 0 fully saturated rings. The first-order chi connectivity index (χ1) is 8.59. The maximum atomic E-state index is 12.0. The molecule has 0 aliphatic heterocycles. The predicted molar refractivity (Wildman–Crippen MR) is 72.3 cm³/mol. The van der Waals surface area contributed by atoms with Gasteiger partial charge in [0.25, 0.3) is 10.0 Å². The van der Waals surface area contributed by atoms with Gasteiger partial charge in [0.2, 0.25) is 0 Å². The average Bonchev–Trinajstić information content (AvgIpc) is 2.40. The van der Waals surface area contributed by atoms with Crippen molar-refractivity contribution in [1.82, 2.24) is 0 Å². The molecular weight excluding hydrogens is 246 g/mol. The zero-order chi connectivity index (χ0) is 13.0. The van der Waals surface area contributed by atoms with Crippen LogP contribution in [0.25, 0.3) is 0 Å². The third kappa shape index (κ3) is 2.84. The molecule has 92 valence electrons. The predicted octanol–water partition coefficient (Wildman–Crippen LogP) is 2.88. The molecule has 0 bridgehead atoms. The highest BCUT2D eigenvalue weighted by Crippen LogP contribution is 2.13. The van der Waals surface area contributed by atoms with E-state index in [4.69, 9.17) is 0 Å². The standard InChI is InChI=1S/C14H13NO2S/c1-12(13-8-4-2-5-9-13)15-18(16,17)14-10-6-3-7-11-14/h2-11H,1H3/b15-12-. The van der Waals surface area contributed by atoms with E-state index in [1.807, 2.05) is 30.3 Å². The Kier molecular flexibility index (Phi) is 3.58. The number of rotatable bonds is 3. The van der Waals surface area contributed by atoms with Crippen molar-refractivity contribution in [2.45, 2.75) is 11.8 Å². The van der Waals surface area contributed by atoms with Gasteiger partial charge in [-0.1, -0.05) is 48.5 Å². The van der Waals surface area contributed by atoms with E-state index in [-0.39, 0.29) is 4.90 Å². The second kappa shape index (κ2) is 5.14. The minimum absolute atomic E-state index is 0.209. The van der Waals surface area contributed by atoms with Gasteiger partial charge in [-0.25, -0.2) is 0 Å². The summed E-state index contributed by atoms with van der Waals surface area (Å²) in [6.45, 7) is 1.69. The number of nitrogens with zero attached hydrogens (tertiary/aromatic N) is 1. The topological polar surface area (TPSA) is 46.5 Å². The highest BCUT2D eigenvalue weighted by Gasteiger charge is 2.12. The van der Waals surface area contributed by atoms with Crippen LogP contribution in [0, 0.1) is 0 Å². The summed E-state index contributed by atoms with van der Waals surface area (Å²) < 4.78 is 27.9. The van der Waals surface area contributed by atoms with E-state index in [9.17, 15) is 8.42 Å². The van der Waals surface area contributed by atoms with Gasteiger partial charge < -0.3 is 0 Å². The fraction of sp³-hybridized carbons (Fsp3) is 0.0714. The molecule has 0 radical (unpaired) electrons. The molecule has 0 amide bonds. The van der Waals surface area contributed by atoms with Gasteiger partial charge in [-0.05, 0) is 24.6 Å². The zero-order valence-corrected chi connectivity index (χ0v) is 10.8. The monoisotopic (exact) mass is 259 g/mol. The minimum atomic E-state index is -3.62. The molecule has 0 N–H and O–H groups in total. The Labute approximate surface area is 107 Å². The molecular formula is C14H13NO2S. The van der Waals surface area contributed by atoms with E-state index in [2.05, 4.69) is 4.40 Å². The fourth-order valence-electron chi connectivity index (χ4n) is 1.56. The molecule has 0 aliphatic rings. The van der Waals surface area contributed by atoms with Crippen molar-refractivity contribution < 1.29 is 8.42 Å². The molecule has 0 saturated carbocycles. The third-order valence-electron chi connectivity index (χ3n) is 2.49. The van der Waals surface area contributed by atoms with Gasteiger partial charge in [0, 0.05) is 0 Å². The Bertz CT molecular complexity index is 647. The van der Waals surface area contributed by atoms with Gasteiger partial charge in [-0.3, -0.25) is 0 Å². The van der Waals surface area contributed by atoms with Crippen molar-refractivity contribution in [3.8, 4) is 0 Å². The number of hydrogen-bond donors (Lipinski definition) is 0. The van der Waals surface area contributed by atoms with Crippen molar-refractivity contribution in [2.75, 3.05) is 0 Å². The number of benzene rings is 2. The molecule has 0 aromatic heterocycles. The maximum absolute atomic E-state index is 12.0. The molecule has 0 atom stereocenters. The second-order valence-electron chi connectivity index (χ2n) is 3.83. The lowest BCUT2D eigenvalue weighted by Crippen LogP contribution is -2.02. The molecule has 0 unspecified atom stereocenters. The van der Waals surface area contributed by atoms with Crippen molar-refractivity contribution in [1.29, 1.82) is 0 Å². The third-order valence-corrected chi connectivity index (χ3v) is 3.87. The van der Waals surface area contributed by atoms with Crippen LogP contribution in [0.4, 0.5) is 0 Å². The molecule has 0 spiro atoms. The first kappa shape index (κ1) is 12.5. The van der Waals surface area contributed by atoms with Crippen molar-refractivity contribution in [3.63, 3.8) is 0 Å². The first-order valence-corrected chi connectivity index (χ1v) is 6.96. The van der Waals surface area contributed by atoms with Gasteiger partial charge in [0.15, 0.2) is 0 Å². The molecule has 18 heavy (non-hydrogen) atoms. The van der Waals surface area contributed by atoms with Crippen molar-refractivity contribution in [2.24, 2.45) is 4.40 Å². The summed E-state index contributed by atoms with van der Waals surface area (Å²) in [6, 6.07) is 17.5. The van der Waals surface area contributed by atoms with Crippen LogP contribution in [0.2, 0.25) is 0 Å². The molecule has 3 nitrogen and oxygen atoms in total. The second-order valence-corrected chi connectivity index (χ2v) is 5.43. The van der Waals surface area contributed by atoms with Crippen LogP contribution in [0.3, 0.4) is 0 Å². The minimum Gasteiger partial charge on any atom is -0.199 e. The van der Waals surface area contributed by atoms with Crippen LogP contribution in [-0.2, 0) is 10.0 Å². The Hall–Kier alpha value is -1.94.